The van der Waals surface area contributed by atoms with Crippen molar-refractivity contribution in [3.8, 4) is 5.75 Å². The molecule has 1 aliphatic heterocycles. The van der Waals surface area contributed by atoms with E-state index in [1.807, 2.05) is 48.5 Å². The third kappa shape index (κ3) is 5.06. The molecular formula is C27H30N4O5. The van der Waals surface area contributed by atoms with E-state index in [1.165, 1.54) is 20.6 Å². The van der Waals surface area contributed by atoms with E-state index in [4.69, 9.17) is 15.2 Å². The van der Waals surface area contributed by atoms with E-state index in [-0.39, 0.29) is 37.3 Å². The number of hydrogen-bond acceptors (Lipinski definition) is 6. The van der Waals surface area contributed by atoms with Crippen molar-refractivity contribution in [3.63, 3.8) is 0 Å². The number of nitrogen functional groups attached to an aromatic ring is 1. The number of nitrogens with zero attached hydrogens (tertiary/aromatic N) is 2. The van der Waals surface area contributed by atoms with Crippen LogP contribution in [0.25, 0.3) is 0 Å². The number of nitrogens with two attached hydrogens (primary N) is 1. The number of amides is 1. The Morgan fingerprint density at radius 1 is 1.11 bits per heavy atom. The van der Waals surface area contributed by atoms with Crippen LogP contribution < -0.4 is 26.6 Å². The molecule has 9 heteroatoms. The highest BCUT2D eigenvalue weighted by atomic mass is 16.5. The Hall–Kier alpha value is -3.85. The van der Waals surface area contributed by atoms with Crippen molar-refractivity contribution in [2.24, 2.45) is 0 Å². The first-order chi connectivity index (χ1) is 17.5. The lowest BCUT2D eigenvalue weighted by Crippen LogP contribution is -2.46. The summed E-state index contributed by atoms with van der Waals surface area (Å²) in [6.45, 7) is 0.617. The number of hydrogen-bond donors (Lipinski definition) is 2. The monoisotopic (exact) mass is 490 g/mol. The van der Waals surface area contributed by atoms with Gasteiger partial charge in [0.05, 0.1) is 19.2 Å². The molecule has 0 saturated carbocycles. The SMILES string of the molecule is Nc1c(N(CC2CCCO2)C(=O)COc2ccc3c(c2)CCC3)c(=O)[nH]c(=O)n1Cc1ccccc1. The number of rotatable bonds is 8. The number of aryl methyl sites for hydroxylation is 2. The maximum absolute atomic E-state index is 13.4. The molecule has 3 aromatic rings. The largest absolute Gasteiger partial charge is 0.484 e. The van der Waals surface area contributed by atoms with Gasteiger partial charge in [0, 0.05) is 6.61 Å². The summed E-state index contributed by atoms with van der Waals surface area (Å²) in [6.07, 6.45) is 4.58. The molecule has 3 N–H and O–H groups in total. The van der Waals surface area contributed by atoms with Gasteiger partial charge in [0.15, 0.2) is 12.3 Å². The van der Waals surface area contributed by atoms with Crippen LogP contribution in [0.2, 0.25) is 0 Å². The minimum atomic E-state index is -0.717. The normalized spacial score (nSPS) is 16.6. The van der Waals surface area contributed by atoms with Crippen LogP contribution in [0.4, 0.5) is 11.5 Å². The van der Waals surface area contributed by atoms with Crippen molar-refractivity contribution < 1.29 is 14.3 Å². The molecule has 0 spiro atoms. The van der Waals surface area contributed by atoms with Gasteiger partial charge in [-0.15, -0.1) is 0 Å². The van der Waals surface area contributed by atoms with Crippen LogP contribution in [-0.2, 0) is 28.9 Å². The molecule has 1 unspecified atom stereocenters. The number of aromatic amines is 1. The Morgan fingerprint density at radius 2 is 1.92 bits per heavy atom. The van der Waals surface area contributed by atoms with E-state index >= 15 is 0 Å². The number of fused-ring (bicyclic) bond motifs is 1. The number of nitrogens with one attached hydrogen (secondary N) is 1. The summed E-state index contributed by atoms with van der Waals surface area (Å²) in [5, 5.41) is 0. The Balaban J connectivity index is 1.44. The fourth-order valence-corrected chi connectivity index (χ4v) is 4.93. The molecule has 1 fully saturated rings. The first-order valence-corrected chi connectivity index (χ1v) is 12.3. The molecule has 2 aliphatic rings. The molecule has 0 bridgehead atoms. The average molecular weight is 491 g/mol. The lowest BCUT2D eigenvalue weighted by molar-refractivity contribution is -0.121. The van der Waals surface area contributed by atoms with Gasteiger partial charge >= 0.3 is 5.69 Å². The molecule has 9 nitrogen and oxygen atoms in total. The molecule has 2 aromatic carbocycles. The van der Waals surface area contributed by atoms with E-state index in [0.29, 0.717) is 12.4 Å². The molecule has 1 aliphatic carbocycles. The van der Waals surface area contributed by atoms with Crippen LogP contribution in [-0.4, -0.2) is 41.3 Å². The topological polar surface area (TPSA) is 120 Å². The zero-order valence-corrected chi connectivity index (χ0v) is 20.1. The van der Waals surface area contributed by atoms with Crippen LogP contribution in [0, 0.1) is 0 Å². The third-order valence-electron chi connectivity index (χ3n) is 6.81. The molecule has 0 radical (unpaired) electrons. The molecule has 1 atom stereocenters. The lowest BCUT2D eigenvalue weighted by Gasteiger charge is -2.26. The molecule has 1 amide bonds. The predicted octanol–water partition coefficient (Wildman–Crippen LogP) is 2.25. The third-order valence-corrected chi connectivity index (χ3v) is 6.81. The van der Waals surface area contributed by atoms with Crippen LogP contribution in [0.15, 0.2) is 58.1 Å². The fraction of sp³-hybridized carbons (Fsp3) is 0.370. The van der Waals surface area contributed by atoms with Gasteiger partial charge in [-0.05, 0) is 60.9 Å². The quantitative estimate of drug-likeness (QED) is 0.500. The average Bonchev–Trinajstić information content (AvgIpc) is 3.57. The molecule has 188 valence electrons. The summed E-state index contributed by atoms with van der Waals surface area (Å²) >= 11 is 0. The van der Waals surface area contributed by atoms with Crippen LogP contribution in [0.1, 0.15) is 36.0 Å². The smallest absolute Gasteiger partial charge is 0.330 e. The van der Waals surface area contributed by atoms with Crippen molar-refractivity contribution in [1.82, 2.24) is 9.55 Å². The second-order valence-corrected chi connectivity index (χ2v) is 9.28. The summed E-state index contributed by atoms with van der Waals surface area (Å²) in [6, 6.07) is 15.2. The van der Waals surface area contributed by atoms with Crippen molar-refractivity contribution in [2.75, 3.05) is 30.4 Å². The standard InChI is InChI=1S/C27H30N4O5/c28-25-24(26(33)29-27(34)31(25)15-18-6-2-1-3-7-18)30(16-22-10-5-13-35-22)23(32)17-36-21-12-11-19-8-4-9-20(19)14-21/h1-3,6-7,11-12,14,22H,4-5,8-10,13,15-17,28H2,(H,29,33,34). The second-order valence-electron chi connectivity index (χ2n) is 9.28. The fourth-order valence-electron chi connectivity index (χ4n) is 4.93. The predicted molar refractivity (Wildman–Crippen MR) is 137 cm³/mol. The highest BCUT2D eigenvalue weighted by Crippen LogP contribution is 2.27. The van der Waals surface area contributed by atoms with E-state index in [9.17, 15) is 14.4 Å². The zero-order chi connectivity index (χ0) is 25.1. The summed E-state index contributed by atoms with van der Waals surface area (Å²) in [5.74, 6) is 0.0987. The Labute approximate surface area is 208 Å². The van der Waals surface area contributed by atoms with Crippen molar-refractivity contribution in [3.05, 3.63) is 86.1 Å². The van der Waals surface area contributed by atoms with E-state index in [2.05, 4.69) is 4.98 Å². The number of carbonyl (C=O) groups is 1. The van der Waals surface area contributed by atoms with Gasteiger partial charge < -0.3 is 15.2 Å². The highest BCUT2D eigenvalue weighted by Gasteiger charge is 2.29. The van der Waals surface area contributed by atoms with Crippen LogP contribution >= 0.6 is 0 Å². The first kappa shape index (κ1) is 23.9. The second kappa shape index (κ2) is 10.4. The highest BCUT2D eigenvalue weighted by molar-refractivity contribution is 5.96. The van der Waals surface area contributed by atoms with Gasteiger partial charge in [-0.3, -0.25) is 24.0 Å². The Morgan fingerprint density at radius 3 is 2.69 bits per heavy atom. The maximum Gasteiger partial charge on any atom is 0.330 e. The van der Waals surface area contributed by atoms with Gasteiger partial charge in [0.1, 0.15) is 11.6 Å². The Kier molecular flexibility index (Phi) is 6.90. The first-order valence-electron chi connectivity index (χ1n) is 12.3. The lowest BCUT2D eigenvalue weighted by atomic mass is 10.1. The number of anilines is 2. The van der Waals surface area contributed by atoms with Gasteiger partial charge in [-0.2, -0.15) is 0 Å². The molecule has 1 saturated heterocycles. The van der Waals surface area contributed by atoms with Crippen molar-refractivity contribution in [1.29, 1.82) is 0 Å². The minimum Gasteiger partial charge on any atom is -0.484 e. The maximum atomic E-state index is 13.4. The van der Waals surface area contributed by atoms with E-state index in [1.54, 1.807) is 0 Å². The van der Waals surface area contributed by atoms with Gasteiger partial charge in [0.2, 0.25) is 0 Å². The molecule has 36 heavy (non-hydrogen) atoms. The van der Waals surface area contributed by atoms with Gasteiger partial charge in [-0.1, -0.05) is 36.4 Å². The number of carbonyl (C=O) groups excluding carboxylic acids is 1. The van der Waals surface area contributed by atoms with Crippen LogP contribution in [0.5, 0.6) is 5.75 Å². The van der Waals surface area contributed by atoms with E-state index < -0.39 is 17.2 Å². The molecule has 5 rings (SSSR count). The van der Waals surface area contributed by atoms with Crippen molar-refractivity contribution >= 4 is 17.4 Å². The van der Waals surface area contributed by atoms with E-state index in [0.717, 1.165) is 37.7 Å². The zero-order valence-electron chi connectivity index (χ0n) is 20.1. The van der Waals surface area contributed by atoms with Crippen LogP contribution in [0.3, 0.4) is 0 Å². The summed E-state index contributed by atoms with van der Waals surface area (Å²) < 4.78 is 12.8. The molecule has 1 aromatic heterocycles. The van der Waals surface area contributed by atoms with Gasteiger partial charge in [0.25, 0.3) is 11.5 Å². The van der Waals surface area contributed by atoms with Gasteiger partial charge in [-0.25, -0.2) is 4.79 Å². The molecular weight excluding hydrogens is 460 g/mol. The number of H-pyrrole nitrogens is 1. The number of aromatic nitrogens is 2. The summed E-state index contributed by atoms with van der Waals surface area (Å²) in [5.41, 5.74) is 8.35. The molecule has 2 heterocycles. The summed E-state index contributed by atoms with van der Waals surface area (Å²) in [4.78, 5) is 42.7. The number of ether oxygens (including phenoxy) is 2. The minimum absolute atomic E-state index is 0.0661. The van der Waals surface area contributed by atoms with Crippen molar-refractivity contribution in [2.45, 2.75) is 44.8 Å². The Bertz CT molecular complexity index is 1360. The summed E-state index contributed by atoms with van der Waals surface area (Å²) in [7, 11) is 0. The number of benzene rings is 2.